The van der Waals surface area contributed by atoms with E-state index >= 15 is 0 Å². The number of aliphatic hydroxyl groups is 1. The van der Waals surface area contributed by atoms with Gasteiger partial charge in [0, 0.05) is 24.2 Å². The predicted octanol–water partition coefficient (Wildman–Crippen LogP) is 2.32. The van der Waals surface area contributed by atoms with Gasteiger partial charge in [-0.2, -0.15) is 0 Å². The van der Waals surface area contributed by atoms with Crippen LogP contribution in [0.25, 0.3) is 0 Å². The molecule has 1 atom stereocenters. The van der Waals surface area contributed by atoms with Crippen LogP contribution in [0.5, 0.6) is 0 Å². The molecule has 0 bridgehead atoms. The Morgan fingerprint density at radius 1 is 1.52 bits per heavy atom. The average molecular weight is 309 g/mol. The van der Waals surface area contributed by atoms with E-state index in [0.717, 1.165) is 30.1 Å². The van der Waals surface area contributed by atoms with Crippen molar-refractivity contribution in [3.05, 3.63) is 16.1 Å². The molecule has 116 valence electrons. The molecule has 0 aromatic carbocycles. The van der Waals surface area contributed by atoms with Crippen molar-refractivity contribution < 1.29 is 9.90 Å². The van der Waals surface area contributed by atoms with E-state index in [-0.39, 0.29) is 18.7 Å². The van der Waals surface area contributed by atoms with E-state index in [1.165, 1.54) is 12.8 Å². The minimum atomic E-state index is -0.0549. The second-order valence-corrected chi connectivity index (χ2v) is 7.09. The molecule has 3 rings (SSSR count). The Morgan fingerprint density at radius 3 is 2.81 bits per heavy atom. The highest BCUT2D eigenvalue weighted by Crippen LogP contribution is 2.42. The third kappa shape index (κ3) is 3.95. The van der Waals surface area contributed by atoms with Crippen LogP contribution in [0.15, 0.2) is 5.38 Å². The zero-order valence-electron chi connectivity index (χ0n) is 12.4. The summed E-state index contributed by atoms with van der Waals surface area (Å²) in [6, 6.07) is -0.0164. The van der Waals surface area contributed by atoms with Gasteiger partial charge in [-0.15, -0.1) is 11.3 Å². The van der Waals surface area contributed by atoms with Crippen LogP contribution >= 0.6 is 11.3 Å². The number of nitrogens with zero attached hydrogens (tertiary/aromatic N) is 2. The Bertz CT molecular complexity index is 497. The SMILES string of the molecule is Cc1csc([C@H](NC(=O)N(CCO)CC2CC2)C2CC2)n1. The predicted molar refractivity (Wildman–Crippen MR) is 82.2 cm³/mol. The number of hydrogen-bond acceptors (Lipinski definition) is 4. The van der Waals surface area contributed by atoms with Gasteiger partial charge in [-0.1, -0.05) is 0 Å². The number of thiazole rings is 1. The maximum Gasteiger partial charge on any atom is 0.318 e. The van der Waals surface area contributed by atoms with Crippen molar-refractivity contribution in [1.29, 1.82) is 0 Å². The molecular formula is C15H23N3O2S. The molecule has 0 saturated heterocycles. The first-order valence-corrected chi connectivity index (χ1v) is 8.63. The molecule has 2 saturated carbocycles. The summed E-state index contributed by atoms with van der Waals surface area (Å²) < 4.78 is 0. The van der Waals surface area contributed by atoms with E-state index in [2.05, 4.69) is 10.3 Å². The summed E-state index contributed by atoms with van der Waals surface area (Å²) in [5.74, 6) is 1.15. The smallest absolute Gasteiger partial charge is 0.318 e. The third-order valence-electron chi connectivity index (χ3n) is 4.11. The Hall–Kier alpha value is -1.14. The largest absolute Gasteiger partial charge is 0.395 e. The maximum absolute atomic E-state index is 12.5. The van der Waals surface area contributed by atoms with Crippen LogP contribution in [0, 0.1) is 18.8 Å². The summed E-state index contributed by atoms with van der Waals surface area (Å²) >= 11 is 1.63. The number of rotatable bonds is 7. The van der Waals surface area contributed by atoms with Gasteiger partial charge in [-0.25, -0.2) is 9.78 Å². The number of carbonyl (C=O) groups is 1. The first-order chi connectivity index (χ1) is 10.2. The summed E-state index contributed by atoms with van der Waals surface area (Å²) in [6.07, 6.45) is 4.72. The standard InChI is InChI=1S/C15H23N3O2S/c1-10-9-21-14(16-10)13(12-4-5-12)17-15(20)18(6-7-19)8-11-2-3-11/h9,11-13,19H,2-8H2,1H3,(H,17,20)/t13-/m1/s1. The molecule has 2 amide bonds. The summed E-state index contributed by atoms with van der Waals surface area (Å²) in [7, 11) is 0. The van der Waals surface area contributed by atoms with Crippen molar-refractivity contribution in [3.8, 4) is 0 Å². The molecule has 2 fully saturated rings. The monoisotopic (exact) mass is 309 g/mol. The summed E-state index contributed by atoms with van der Waals surface area (Å²) in [5, 5.41) is 15.4. The quantitative estimate of drug-likeness (QED) is 0.812. The lowest BCUT2D eigenvalue weighted by Crippen LogP contribution is -2.44. The van der Waals surface area contributed by atoms with Crippen molar-refractivity contribution in [2.45, 2.75) is 38.6 Å². The molecule has 1 heterocycles. The van der Waals surface area contributed by atoms with Crippen LogP contribution in [0.3, 0.4) is 0 Å². The van der Waals surface area contributed by atoms with E-state index in [9.17, 15) is 4.79 Å². The van der Waals surface area contributed by atoms with Crippen molar-refractivity contribution >= 4 is 17.4 Å². The highest BCUT2D eigenvalue weighted by atomic mass is 32.1. The number of urea groups is 1. The highest BCUT2D eigenvalue weighted by molar-refractivity contribution is 7.09. The number of nitrogens with one attached hydrogen (secondary N) is 1. The van der Waals surface area contributed by atoms with Crippen LogP contribution in [0.2, 0.25) is 0 Å². The fourth-order valence-electron chi connectivity index (χ4n) is 2.56. The number of amides is 2. The average Bonchev–Trinajstić information content (AvgIpc) is 3.36. The van der Waals surface area contributed by atoms with Gasteiger partial charge < -0.3 is 15.3 Å². The highest BCUT2D eigenvalue weighted by Gasteiger charge is 2.36. The first-order valence-electron chi connectivity index (χ1n) is 7.75. The Morgan fingerprint density at radius 2 is 2.29 bits per heavy atom. The summed E-state index contributed by atoms with van der Waals surface area (Å²) in [5.41, 5.74) is 1.01. The van der Waals surface area contributed by atoms with Gasteiger partial charge in [0.15, 0.2) is 0 Å². The van der Waals surface area contributed by atoms with E-state index in [1.807, 2.05) is 12.3 Å². The molecule has 0 spiro atoms. The molecule has 1 aromatic rings. The van der Waals surface area contributed by atoms with E-state index in [0.29, 0.717) is 18.4 Å². The van der Waals surface area contributed by atoms with Crippen LogP contribution in [-0.2, 0) is 0 Å². The van der Waals surface area contributed by atoms with Crippen molar-refractivity contribution in [1.82, 2.24) is 15.2 Å². The van der Waals surface area contributed by atoms with Crippen LogP contribution in [-0.4, -0.2) is 40.7 Å². The molecule has 2 aliphatic carbocycles. The molecule has 2 aliphatic rings. The number of aliphatic hydroxyl groups excluding tert-OH is 1. The molecule has 2 N–H and O–H groups in total. The lowest BCUT2D eigenvalue weighted by atomic mass is 10.2. The molecule has 6 heteroatoms. The van der Waals surface area contributed by atoms with E-state index in [1.54, 1.807) is 16.2 Å². The maximum atomic E-state index is 12.5. The van der Waals surface area contributed by atoms with Crippen LogP contribution < -0.4 is 5.32 Å². The first kappa shape index (κ1) is 14.8. The Labute approximate surface area is 129 Å². The minimum absolute atomic E-state index is 0.0184. The van der Waals surface area contributed by atoms with Gasteiger partial charge in [-0.05, 0) is 44.4 Å². The molecule has 1 aromatic heterocycles. The topological polar surface area (TPSA) is 65.5 Å². The van der Waals surface area contributed by atoms with Gasteiger partial charge in [0.2, 0.25) is 0 Å². The zero-order valence-corrected chi connectivity index (χ0v) is 13.2. The normalized spacial score (nSPS) is 19.3. The van der Waals surface area contributed by atoms with Crippen molar-refractivity contribution in [3.63, 3.8) is 0 Å². The lowest BCUT2D eigenvalue weighted by molar-refractivity contribution is 0.170. The number of carbonyl (C=O) groups excluding carboxylic acids is 1. The Balaban J connectivity index is 1.64. The fraction of sp³-hybridized carbons (Fsp3) is 0.733. The van der Waals surface area contributed by atoms with Gasteiger partial charge in [0.05, 0.1) is 12.6 Å². The second-order valence-electron chi connectivity index (χ2n) is 6.20. The third-order valence-corrected chi connectivity index (χ3v) is 5.15. The van der Waals surface area contributed by atoms with Crippen molar-refractivity contribution in [2.24, 2.45) is 11.8 Å². The molecule has 5 nitrogen and oxygen atoms in total. The molecule has 0 aliphatic heterocycles. The van der Waals surface area contributed by atoms with Crippen LogP contribution in [0.1, 0.15) is 42.4 Å². The number of aromatic nitrogens is 1. The van der Waals surface area contributed by atoms with Crippen LogP contribution in [0.4, 0.5) is 4.79 Å². The van der Waals surface area contributed by atoms with Gasteiger partial charge >= 0.3 is 6.03 Å². The molecule has 21 heavy (non-hydrogen) atoms. The van der Waals surface area contributed by atoms with Gasteiger partial charge in [-0.3, -0.25) is 0 Å². The molecular weight excluding hydrogens is 286 g/mol. The number of aryl methyl sites for hydroxylation is 1. The Kier molecular flexibility index (Phi) is 4.45. The van der Waals surface area contributed by atoms with Gasteiger partial charge in [0.1, 0.15) is 5.01 Å². The summed E-state index contributed by atoms with van der Waals surface area (Å²) in [4.78, 5) is 18.8. The fourth-order valence-corrected chi connectivity index (χ4v) is 3.50. The van der Waals surface area contributed by atoms with Gasteiger partial charge in [0.25, 0.3) is 0 Å². The second kappa shape index (κ2) is 6.32. The number of hydrogen-bond donors (Lipinski definition) is 2. The van der Waals surface area contributed by atoms with E-state index < -0.39 is 0 Å². The minimum Gasteiger partial charge on any atom is -0.395 e. The molecule has 0 unspecified atom stereocenters. The lowest BCUT2D eigenvalue weighted by Gasteiger charge is -2.25. The van der Waals surface area contributed by atoms with Crippen molar-refractivity contribution in [2.75, 3.05) is 19.7 Å². The summed E-state index contributed by atoms with van der Waals surface area (Å²) in [6.45, 7) is 3.18. The van der Waals surface area contributed by atoms with E-state index in [4.69, 9.17) is 5.11 Å². The molecule has 0 radical (unpaired) electrons. The zero-order chi connectivity index (χ0) is 14.8.